The molecule has 0 radical (unpaired) electrons. The van der Waals surface area contributed by atoms with E-state index in [2.05, 4.69) is 29.1 Å². The van der Waals surface area contributed by atoms with Gasteiger partial charge in [0.2, 0.25) is 5.82 Å². The molecule has 0 aliphatic heterocycles. The van der Waals surface area contributed by atoms with E-state index >= 15 is 0 Å². The Labute approximate surface area is 163 Å². The van der Waals surface area contributed by atoms with Gasteiger partial charge in [0.05, 0.1) is 4.92 Å². The van der Waals surface area contributed by atoms with Crippen molar-refractivity contribution >= 4 is 17.2 Å². The Bertz CT molecular complexity index is 1000. The van der Waals surface area contributed by atoms with Crippen LogP contribution >= 0.6 is 0 Å². The molecule has 7 nitrogen and oxygen atoms in total. The third kappa shape index (κ3) is 4.25. The Morgan fingerprint density at radius 2 is 1.75 bits per heavy atom. The van der Waals surface area contributed by atoms with E-state index < -0.39 is 4.92 Å². The monoisotopic (exact) mass is 378 g/mol. The smallest absolute Gasteiger partial charge is 0.373 e. The third-order valence-electron chi connectivity index (χ3n) is 4.50. The van der Waals surface area contributed by atoms with E-state index in [0.717, 1.165) is 11.1 Å². The summed E-state index contributed by atoms with van der Waals surface area (Å²) in [5, 5.41) is 14.7. The number of nitrogens with zero attached hydrogens (tertiary/aromatic N) is 3. The summed E-state index contributed by atoms with van der Waals surface area (Å²) in [6.45, 7) is 8.14. The van der Waals surface area contributed by atoms with E-state index in [0.29, 0.717) is 17.4 Å². The topological polar surface area (TPSA) is 90.2 Å². The van der Waals surface area contributed by atoms with Gasteiger partial charge in [-0.15, -0.1) is 0 Å². The molecule has 7 heteroatoms. The van der Waals surface area contributed by atoms with Crippen LogP contribution in [0.4, 0.5) is 17.2 Å². The first-order chi connectivity index (χ1) is 13.3. The van der Waals surface area contributed by atoms with Gasteiger partial charge in [0.15, 0.2) is 0 Å². The number of ether oxygens (including phenoxy) is 1. The molecule has 0 saturated carbocycles. The van der Waals surface area contributed by atoms with E-state index in [1.807, 2.05) is 50.2 Å². The molecular weight excluding hydrogens is 356 g/mol. The van der Waals surface area contributed by atoms with Gasteiger partial charge in [0, 0.05) is 5.69 Å². The largest absolute Gasteiger partial charge is 0.434 e. The van der Waals surface area contributed by atoms with E-state index in [-0.39, 0.29) is 17.4 Å². The lowest BCUT2D eigenvalue weighted by Gasteiger charge is -2.11. The second-order valence-corrected chi connectivity index (χ2v) is 6.88. The highest BCUT2D eigenvalue weighted by molar-refractivity contribution is 5.69. The fraction of sp³-hybridized carbons (Fsp3) is 0.238. The molecule has 144 valence electrons. The molecule has 1 N–H and O–H groups in total. The van der Waals surface area contributed by atoms with Crippen LogP contribution in [-0.4, -0.2) is 14.9 Å². The van der Waals surface area contributed by atoms with Crippen molar-refractivity contribution in [1.29, 1.82) is 0 Å². The van der Waals surface area contributed by atoms with Gasteiger partial charge in [0.25, 0.3) is 0 Å². The van der Waals surface area contributed by atoms with Gasteiger partial charge in [-0.2, -0.15) is 4.98 Å². The van der Waals surface area contributed by atoms with Crippen molar-refractivity contribution in [2.75, 3.05) is 5.32 Å². The molecular formula is C21H22N4O3. The maximum Gasteiger partial charge on any atom is 0.373 e. The summed E-state index contributed by atoms with van der Waals surface area (Å²) in [5.74, 6) is 0.859. The molecule has 0 spiro atoms. The SMILES string of the molecule is Cc1ccc(Oc2ncnc(Nc3ccc(C(C)C)cc3)c2[N+](=O)[O-])cc1C. The first-order valence-electron chi connectivity index (χ1n) is 8.96. The van der Waals surface area contributed by atoms with Crippen LogP contribution in [0.25, 0.3) is 0 Å². The van der Waals surface area contributed by atoms with Gasteiger partial charge in [-0.25, -0.2) is 4.98 Å². The number of hydrogen-bond donors (Lipinski definition) is 1. The third-order valence-corrected chi connectivity index (χ3v) is 4.50. The van der Waals surface area contributed by atoms with Crippen molar-refractivity contribution in [3.05, 3.63) is 75.6 Å². The summed E-state index contributed by atoms with van der Waals surface area (Å²) in [7, 11) is 0. The number of rotatable bonds is 6. The van der Waals surface area contributed by atoms with Gasteiger partial charge in [-0.05, 0) is 60.7 Å². The Balaban J connectivity index is 1.92. The van der Waals surface area contributed by atoms with E-state index in [1.54, 1.807) is 6.07 Å². The Kier molecular flexibility index (Phi) is 5.54. The fourth-order valence-corrected chi connectivity index (χ4v) is 2.67. The molecule has 0 saturated heterocycles. The van der Waals surface area contributed by atoms with Crippen molar-refractivity contribution in [3.63, 3.8) is 0 Å². The fourth-order valence-electron chi connectivity index (χ4n) is 2.67. The van der Waals surface area contributed by atoms with E-state index in [4.69, 9.17) is 4.74 Å². The Morgan fingerprint density at radius 3 is 2.36 bits per heavy atom. The lowest BCUT2D eigenvalue weighted by Crippen LogP contribution is -2.03. The number of benzene rings is 2. The van der Waals surface area contributed by atoms with Crippen LogP contribution in [0.3, 0.4) is 0 Å². The summed E-state index contributed by atoms with van der Waals surface area (Å²) >= 11 is 0. The maximum absolute atomic E-state index is 11.7. The van der Waals surface area contributed by atoms with Crippen LogP contribution in [0.15, 0.2) is 48.8 Å². The number of hydrogen-bond acceptors (Lipinski definition) is 6. The first kappa shape index (κ1) is 19.3. The quantitative estimate of drug-likeness (QED) is 0.439. The molecule has 0 amide bonds. The van der Waals surface area contributed by atoms with Gasteiger partial charge >= 0.3 is 11.6 Å². The average molecular weight is 378 g/mol. The first-order valence-corrected chi connectivity index (χ1v) is 8.96. The highest BCUT2D eigenvalue weighted by Crippen LogP contribution is 2.36. The summed E-state index contributed by atoms with van der Waals surface area (Å²) < 4.78 is 5.70. The van der Waals surface area contributed by atoms with Crippen LogP contribution in [0.1, 0.15) is 36.5 Å². The molecule has 1 heterocycles. The molecule has 3 aromatic rings. The number of anilines is 2. The van der Waals surface area contributed by atoms with Crippen LogP contribution in [0, 0.1) is 24.0 Å². The number of aryl methyl sites for hydroxylation is 2. The minimum atomic E-state index is -0.540. The van der Waals surface area contributed by atoms with Crippen LogP contribution in [0.2, 0.25) is 0 Å². The van der Waals surface area contributed by atoms with Crippen LogP contribution in [-0.2, 0) is 0 Å². The standard InChI is InChI=1S/C21H22N4O3/c1-13(2)16-6-8-17(9-7-16)24-20-19(25(26)27)21(23-12-22-20)28-18-10-5-14(3)15(4)11-18/h5-13H,1-4H3,(H,22,23,24). The van der Waals surface area contributed by atoms with Crippen LogP contribution in [0.5, 0.6) is 11.6 Å². The molecule has 0 unspecified atom stereocenters. The van der Waals surface area contributed by atoms with Gasteiger partial charge in [-0.3, -0.25) is 10.1 Å². The van der Waals surface area contributed by atoms with Gasteiger partial charge in [-0.1, -0.05) is 32.0 Å². The number of nitrogens with one attached hydrogen (secondary N) is 1. The lowest BCUT2D eigenvalue weighted by atomic mass is 10.0. The zero-order chi connectivity index (χ0) is 20.3. The van der Waals surface area contributed by atoms with Crippen molar-refractivity contribution in [3.8, 4) is 11.6 Å². The summed E-state index contributed by atoms with van der Waals surface area (Å²) in [6, 6.07) is 13.2. The second kappa shape index (κ2) is 8.04. The maximum atomic E-state index is 11.7. The van der Waals surface area contributed by atoms with E-state index in [9.17, 15) is 10.1 Å². The minimum absolute atomic E-state index is 0.0798. The van der Waals surface area contributed by atoms with Crippen LogP contribution < -0.4 is 10.1 Å². The van der Waals surface area contributed by atoms with Crippen molar-refractivity contribution < 1.29 is 9.66 Å². The van der Waals surface area contributed by atoms with Crippen molar-refractivity contribution in [2.24, 2.45) is 0 Å². The summed E-state index contributed by atoms with van der Waals surface area (Å²) in [5.41, 5.74) is 3.70. The highest BCUT2D eigenvalue weighted by atomic mass is 16.6. The second-order valence-electron chi connectivity index (χ2n) is 6.88. The van der Waals surface area contributed by atoms with Crippen molar-refractivity contribution in [1.82, 2.24) is 9.97 Å². The Hall–Kier alpha value is -3.48. The predicted octanol–water partition coefficient (Wildman–Crippen LogP) is 5.66. The Morgan fingerprint density at radius 1 is 1.04 bits per heavy atom. The predicted molar refractivity (Wildman–Crippen MR) is 108 cm³/mol. The molecule has 1 aromatic heterocycles. The molecule has 2 aromatic carbocycles. The van der Waals surface area contributed by atoms with Crippen molar-refractivity contribution in [2.45, 2.75) is 33.6 Å². The highest BCUT2D eigenvalue weighted by Gasteiger charge is 2.25. The zero-order valence-electron chi connectivity index (χ0n) is 16.3. The lowest BCUT2D eigenvalue weighted by molar-refractivity contribution is -0.385. The zero-order valence-corrected chi connectivity index (χ0v) is 16.3. The summed E-state index contributed by atoms with van der Waals surface area (Å²) in [4.78, 5) is 19.2. The molecule has 0 fully saturated rings. The summed E-state index contributed by atoms with van der Waals surface area (Å²) in [6.07, 6.45) is 1.24. The molecule has 0 aliphatic carbocycles. The van der Waals surface area contributed by atoms with Gasteiger partial charge in [0.1, 0.15) is 12.1 Å². The number of aromatic nitrogens is 2. The molecule has 3 rings (SSSR count). The normalized spacial score (nSPS) is 10.8. The molecule has 28 heavy (non-hydrogen) atoms. The van der Waals surface area contributed by atoms with E-state index in [1.165, 1.54) is 11.9 Å². The van der Waals surface area contributed by atoms with Gasteiger partial charge < -0.3 is 10.1 Å². The molecule has 0 bridgehead atoms. The molecule has 0 aliphatic rings. The molecule has 0 atom stereocenters. The number of nitro groups is 1. The average Bonchev–Trinajstić information content (AvgIpc) is 2.65. The minimum Gasteiger partial charge on any atom is -0.434 e.